The molecule has 1 unspecified atom stereocenters. The summed E-state index contributed by atoms with van der Waals surface area (Å²) >= 11 is 0. The Morgan fingerprint density at radius 3 is 2.83 bits per heavy atom. The lowest BCUT2D eigenvalue weighted by molar-refractivity contribution is 0.237. The summed E-state index contributed by atoms with van der Waals surface area (Å²) in [4.78, 5) is 12.2. The molecule has 0 saturated carbocycles. The first-order valence-electron chi connectivity index (χ1n) is 7.85. The Balaban J connectivity index is 2.16. The van der Waals surface area contributed by atoms with Gasteiger partial charge in [0.1, 0.15) is 6.33 Å². The number of amides is 2. The van der Waals surface area contributed by atoms with E-state index in [4.69, 9.17) is 5.11 Å². The van der Waals surface area contributed by atoms with Crippen molar-refractivity contribution in [1.82, 2.24) is 20.1 Å². The molecule has 2 aromatic rings. The number of carbonyl (C=O) groups excluding carboxylic acids is 1. The molecule has 0 aliphatic rings. The molecule has 7 heteroatoms. The fourth-order valence-corrected chi connectivity index (χ4v) is 2.36. The van der Waals surface area contributed by atoms with Crippen molar-refractivity contribution in [3.8, 4) is 11.4 Å². The van der Waals surface area contributed by atoms with E-state index in [1.54, 1.807) is 6.33 Å². The first kappa shape index (κ1) is 17.0. The Hall–Kier alpha value is -2.41. The first-order chi connectivity index (χ1) is 11.2. The fraction of sp³-hybridized carbons (Fsp3) is 0.438. The predicted octanol–water partition coefficient (Wildman–Crippen LogP) is 2.25. The van der Waals surface area contributed by atoms with Gasteiger partial charge in [0.05, 0.1) is 5.69 Å². The Morgan fingerprint density at radius 1 is 1.35 bits per heavy atom. The molecule has 0 fully saturated rings. The molecule has 0 spiro atoms. The summed E-state index contributed by atoms with van der Waals surface area (Å²) < 4.78 is 1.92. The van der Waals surface area contributed by atoms with E-state index in [9.17, 15) is 4.79 Å². The maximum Gasteiger partial charge on any atom is 0.319 e. The summed E-state index contributed by atoms with van der Waals surface area (Å²) in [6.45, 7) is 4.78. The second kappa shape index (κ2) is 8.28. The van der Waals surface area contributed by atoms with E-state index in [1.165, 1.54) is 0 Å². The van der Waals surface area contributed by atoms with Gasteiger partial charge in [0.2, 0.25) is 0 Å². The van der Waals surface area contributed by atoms with Crippen LogP contribution in [0.15, 0.2) is 30.6 Å². The summed E-state index contributed by atoms with van der Waals surface area (Å²) in [5.41, 5.74) is 1.49. The van der Waals surface area contributed by atoms with Gasteiger partial charge in [-0.1, -0.05) is 19.1 Å². The molecule has 0 saturated heterocycles. The molecule has 1 atom stereocenters. The van der Waals surface area contributed by atoms with Crippen LogP contribution in [-0.4, -0.2) is 38.6 Å². The molecule has 1 aromatic heterocycles. The summed E-state index contributed by atoms with van der Waals surface area (Å²) in [6, 6.07) is 7.14. The van der Waals surface area contributed by atoms with Crippen molar-refractivity contribution in [3.63, 3.8) is 0 Å². The van der Waals surface area contributed by atoms with Crippen LogP contribution < -0.4 is 10.6 Å². The largest absolute Gasteiger partial charge is 0.396 e. The number of anilines is 1. The van der Waals surface area contributed by atoms with Crippen LogP contribution in [0, 0.1) is 0 Å². The number of nitrogens with one attached hydrogen (secondary N) is 2. The van der Waals surface area contributed by atoms with E-state index in [-0.39, 0.29) is 18.7 Å². The average molecular weight is 317 g/mol. The zero-order valence-corrected chi connectivity index (χ0v) is 13.5. The number of aromatic nitrogens is 3. The molecular weight excluding hydrogens is 294 g/mol. The van der Waals surface area contributed by atoms with Gasteiger partial charge in [0, 0.05) is 24.8 Å². The number of rotatable bonds is 7. The second-order valence-electron chi connectivity index (χ2n) is 5.20. The van der Waals surface area contributed by atoms with E-state index < -0.39 is 0 Å². The molecule has 1 aromatic carbocycles. The summed E-state index contributed by atoms with van der Waals surface area (Å²) in [5.74, 6) is 0.714. The van der Waals surface area contributed by atoms with E-state index in [0.29, 0.717) is 17.9 Å². The topological polar surface area (TPSA) is 92.1 Å². The molecule has 2 amide bonds. The molecule has 23 heavy (non-hydrogen) atoms. The first-order valence-corrected chi connectivity index (χ1v) is 7.85. The van der Waals surface area contributed by atoms with Crippen LogP contribution in [0.25, 0.3) is 11.4 Å². The Bertz CT molecular complexity index is 641. The molecule has 0 bridgehead atoms. The third-order valence-electron chi connectivity index (χ3n) is 3.68. The highest BCUT2D eigenvalue weighted by atomic mass is 16.3. The molecule has 1 heterocycles. The zero-order valence-electron chi connectivity index (χ0n) is 13.5. The van der Waals surface area contributed by atoms with Gasteiger partial charge in [0.25, 0.3) is 0 Å². The SMILES string of the molecule is CCC(CCO)NC(=O)Nc1ccccc1-c1nncn1CC. The summed E-state index contributed by atoms with van der Waals surface area (Å²) in [6.07, 6.45) is 2.97. The molecule has 2 rings (SSSR count). The van der Waals surface area contributed by atoms with Crippen molar-refractivity contribution >= 4 is 11.7 Å². The fourth-order valence-electron chi connectivity index (χ4n) is 2.36. The van der Waals surface area contributed by atoms with Crippen molar-refractivity contribution in [2.24, 2.45) is 0 Å². The zero-order chi connectivity index (χ0) is 16.7. The maximum absolute atomic E-state index is 12.2. The standard InChI is InChI=1S/C16H23N5O2/c1-3-12(9-10-22)18-16(23)19-14-8-6-5-7-13(14)15-20-17-11-21(15)4-2/h5-8,11-12,22H,3-4,9-10H2,1-2H3,(H2,18,19,23). The van der Waals surface area contributed by atoms with Gasteiger partial charge in [-0.05, 0) is 31.9 Å². The quantitative estimate of drug-likeness (QED) is 0.730. The number of hydrogen-bond donors (Lipinski definition) is 3. The Kier molecular flexibility index (Phi) is 6.10. The van der Waals surface area contributed by atoms with Gasteiger partial charge in [-0.3, -0.25) is 0 Å². The number of para-hydroxylation sites is 1. The predicted molar refractivity (Wildman–Crippen MR) is 89.1 cm³/mol. The van der Waals surface area contributed by atoms with Gasteiger partial charge in [0.15, 0.2) is 5.82 Å². The number of hydrogen-bond acceptors (Lipinski definition) is 4. The lowest BCUT2D eigenvalue weighted by atomic mass is 10.1. The number of nitrogens with zero attached hydrogens (tertiary/aromatic N) is 3. The van der Waals surface area contributed by atoms with Crippen molar-refractivity contribution in [1.29, 1.82) is 0 Å². The molecule has 124 valence electrons. The average Bonchev–Trinajstić information content (AvgIpc) is 3.03. The second-order valence-corrected chi connectivity index (χ2v) is 5.20. The Morgan fingerprint density at radius 2 is 2.13 bits per heavy atom. The normalized spacial score (nSPS) is 12.0. The molecule has 3 N–H and O–H groups in total. The molecule has 0 aliphatic heterocycles. The third kappa shape index (κ3) is 4.29. The van der Waals surface area contributed by atoms with Gasteiger partial charge < -0.3 is 20.3 Å². The van der Waals surface area contributed by atoms with Crippen LogP contribution in [0.3, 0.4) is 0 Å². The minimum Gasteiger partial charge on any atom is -0.396 e. The summed E-state index contributed by atoms with van der Waals surface area (Å²) in [7, 11) is 0. The van der Waals surface area contributed by atoms with Gasteiger partial charge in [-0.2, -0.15) is 0 Å². The van der Waals surface area contributed by atoms with E-state index >= 15 is 0 Å². The van der Waals surface area contributed by atoms with Crippen LogP contribution >= 0.6 is 0 Å². The highest BCUT2D eigenvalue weighted by Crippen LogP contribution is 2.26. The number of carbonyl (C=O) groups is 1. The monoisotopic (exact) mass is 317 g/mol. The summed E-state index contributed by atoms with van der Waals surface area (Å²) in [5, 5.41) is 22.8. The number of aliphatic hydroxyl groups excluding tert-OH is 1. The molecule has 0 aliphatic carbocycles. The van der Waals surface area contributed by atoms with E-state index in [1.807, 2.05) is 42.7 Å². The highest BCUT2D eigenvalue weighted by molar-refractivity contribution is 5.93. The number of aryl methyl sites for hydroxylation is 1. The minimum absolute atomic E-state index is 0.0496. The maximum atomic E-state index is 12.2. The van der Waals surface area contributed by atoms with Crippen LogP contribution in [0.5, 0.6) is 0 Å². The number of aliphatic hydroxyl groups is 1. The van der Waals surface area contributed by atoms with Crippen LogP contribution in [0.1, 0.15) is 26.7 Å². The van der Waals surface area contributed by atoms with Crippen LogP contribution in [0.2, 0.25) is 0 Å². The third-order valence-corrected chi connectivity index (χ3v) is 3.68. The smallest absolute Gasteiger partial charge is 0.319 e. The highest BCUT2D eigenvalue weighted by Gasteiger charge is 2.14. The number of benzene rings is 1. The van der Waals surface area contributed by atoms with E-state index in [2.05, 4.69) is 20.8 Å². The van der Waals surface area contributed by atoms with E-state index in [0.717, 1.165) is 18.5 Å². The van der Waals surface area contributed by atoms with Gasteiger partial charge >= 0.3 is 6.03 Å². The van der Waals surface area contributed by atoms with Crippen molar-refractivity contribution in [2.45, 2.75) is 39.3 Å². The van der Waals surface area contributed by atoms with Crippen molar-refractivity contribution in [3.05, 3.63) is 30.6 Å². The van der Waals surface area contributed by atoms with Crippen LogP contribution in [0.4, 0.5) is 10.5 Å². The van der Waals surface area contributed by atoms with Gasteiger partial charge in [-0.15, -0.1) is 10.2 Å². The van der Waals surface area contributed by atoms with Crippen molar-refractivity contribution in [2.75, 3.05) is 11.9 Å². The number of urea groups is 1. The Labute approximate surface area is 135 Å². The van der Waals surface area contributed by atoms with Crippen molar-refractivity contribution < 1.29 is 9.90 Å². The lowest BCUT2D eigenvalue weighted by Crippen LogP contribution is -2.38. The lowest BCUT2D eigenvalue weighted by Gasteiger charge is -2.17. The molecule has 0 radical (unpaired) electrons. The molecule has 7 nitrogen and oxygen atoms in total. The minimum atomic E-state index is -0.291. The van der Waals surface area contributed by atoms with Gasteiger partial charge in [-0.25, -0.2) is 4.79 Å². The molecular formula is C16H23N5O2. The van der Waals surface area contributed by atoms with Crippen LogP contribution in [-0.2, 0) is 6.54 Å².